The molecule has 0 aromatic rings. The average Bonchev–Trinajstić information content (AvgIpc) is 2.21. The molecule has 1 nitrogen and oxygen atoms in total. The van der Waals surface area contributed by atoms with E-state index in [9.17, 15) is 0 Å². The standard InChI is InChI=1S/C8H13N.2C2H6/c1-4-6-8(3)9-7-5-2;2*1-2/h4-7H,1-3H3;2*1-2H3/b6-4-,7-5-,9-8-;;. The molecule has 0 amide bonds. The lowest BCUT2D eigenvalue weighted by Gasteiger charge is -1.83. The maximum Gasteiger partial charge on any atom is 0.0369 e. The van der Waals surface area contributed by atoms with Crippen LogP contribution in [0, 0.1) is 0 Å². The fourth-order valence-electron chi connectivity index (χ4n) is 0.476. The van der Waals surface area contributed by atoms with Gasteiger partial charge in [-0.05, 0) is 26.8 Å². The maximum absolute atomic E-state index is 4.08. The first-order chi connectivity index (χ1) is 6.31. The molecule has 0 unspecified atom stereocenters. The minimum atomic E-state index is 1.04. The summed E-state index contributed by atoms with van der Waals surface area (Å²) in [6, 6.07) is 0. The monoisotopic (exact) mass is 183 g/mol. The van der Waals surface area contributed by atoms with Gasteiger partial charge in [0.1, 0.15) is 0 Å². The van der Waals surface area contributed by atoms with Gasteiger partial charge in [-0.25, -0.2) is 0 Å². The van der Waals surface area contributed by atoms with Gasteiger partial charge in [0, 0.05) is 11.9 Å². The molecule has 0 bridgehead atoms. The molecule has 0 fully saturated rings. The van der Waals surface area contributed by atoms with E-state index in [-0.39, 0.29) is 0 Å². The van der Waals surface area contributed by atoms with Gasteiger partial charge >= 0.3 is 0 Å². The van der Waals surface area contributed by atoms with E-state index in [1.54, 1.807) is 6.20 Å². The van der Waals surface area contributed by atoms with Crippen molar-refractivity contribution in [3.63, 3.8) is 0 Å². The molecule has 0 aliphatic heterocycles. The van der Waals surface area contributed by atoms with Crippen molar-refractivity contribution in [2.45, 2.75) is 48.5 Å². The molecule has 0 aliphatic carbocycles. The highest BCUT2D eigenvalue weighted by molar-refractivity contribution is 5.93. The Bertz CT molecular complexity index is 141. The Morgan fingerprint density at radius 1 is 0.923 bits per heavy atom. The minimum Gasteiger partial charge on any atom is -0.262 e. The van der Waals surface area contributed by atoms with Crippen LogP contribution in [-0.4, -0.2) is 5.71 Å². The third-order valence-corrected chi connectivity index (χ3v) is 0.835. The first-order valence-corrected chi connectivity index (χ1v) is 5.09. The molecule has 1 heteroatoms. The lowest BCUT2D eigenvalue weighted by Crippen LogP contribution is -1.79. The molecular weight excluding hydrogens is 158 g/mol. The molecule has 78 valence electrons. The number of hydrogen-bond acceptors (Lipinski definition) is 1. The fourth-order valence-corrected chi connectivity index (χ4v) is 0.476. The van der Waals surface area contributed by atoms with Gasteiger partial charge in [0.05, 0.1) is 0 Å². The normalized spacial score (nSPS) is 10.5. The van der Waals surface area contributed by atoms with Crippen LogP contribution in [0.3, 0.4) is 0 Å². The topological polar surface area (TPSA) is 12.4 Å². The number of allylic oxidation sites excluding steroid dienone is 3. The lowest BCUT2D eigenvalue weighted by molar-refractivity contribution is 1.50. The minimum absolute atomic E-state index is 1.04. The van der Waals surface area contributed by atoms with Crippen molar-refractivity contribution >= 4 is 5.71 Å². The zero-order chi connectivity index (χ0) is 11.1. The Hall–Kier alpha value is -0.850. The molecule has 0 aromatic heterocycles. The van der Waals surface area contributed by atoms with Crippen molar-refractivity contribution in [2.24, 2.45) is 4.99 Å². The van der Waals surface area contributed by atoms with E-state index in [1.165, 1.54) is 0 Å². The summed E-state index contributed by atoms with van der Waals surface area (Å²) in [7, 11) is 0. The molecule has 13 heavy (non-hydrogen) atoms. The summed E-state index contributed by atoms with van der Waals surface area (Å²) in [5.41, 5.74) is 1.04. The van der Waals surface area contributed by atoms with Gasteiger partial charge in [0.2, 0.25) is 0 Å². The molecule has 0 radical (unpaired) electrons. The van der Waals surface area contributed by atoms with E-state index in [1.807, 2.05) is 66.7 Å². The van der Waals surface area contributed by atoms with Gasteiger partial charge in [-0.3, -0.25) is 4.99 Å². The van der Waals surface area contributed by atoms with Crippen molar-refractivity contribution in [1.29, 1.82) is 0 Å². The summed E-state index contributed by atoms with van der Waals surface area (Å²) in [4.78, 5) is 4.08. The highest BCUT2D eigenvalue weighted by Gasteiger charge is 1.74. The zero-order valence-electron chi connectivity index (χ0n) is 10.3. The van der Waals surface area contributed by atoms with E-state index in [2.05, 4.69) is 4.99 Å². The molecule has 0 heterocycles. The molecule has 0 saturated heterocycles. The zero-order valence-corrected chi connectivity index (χ0v) is 10.3. The number of aliphatic imine (C=N–C) groups is 1. The van der Waals surface area contributed by atoms with Gasteiger partial charge < -0.3 is 0 Å². The van der Waals surface area contributed by atoms with Crippen LogP contribution < -0.4 is 0 Å². The Morgan fingerprint density at radius 2 is 1.38 bits per heavy atom. The summed E-state index contributed by atoms with van der Waals surface area (Å²) in [6.45, 7) is 13.9. The molecule has 0 N–H and O–H groups in total. The smallest absolute Gasteiger partial charge is 0.0369 e. The van der Waals surface area contributed by atoms with Crippen molar-refractivity contribution < 1.29 is 0 Å². The third-order valence-electron chi connectivity index (χ3n) is 0.835. The van der Waals surface area contributed by atoms with Crippen molar-refractivity contribution in [3.8, 4) is 0 Å². The summed E-state index contributed by atoms with van der Waals surface area (Å²) in [6.07, 6.45) is 7.64. The van der Waals surface area contributed by atoms with Crippen molar-refractivity contribution in [1.82, 2.24) is 0 Å². The number of hydrogen-bond donors (Lipinski definition) is 0. The third kappa shape index (κ3) is 24.7. The van der Waals surface area contributed by atoms with Crippen LogP contribution >= 0.6 is 0 Å². The molecule has 0 aromatic carbocycles. The van der Waals surface area contributed by atoms with E-state index < -0.39 is 0 Å². The van der Waals surface area contributed by atoms with E-state index in [0.29, 0.717) is 0 Å². The summed E-state index contributed by atoms with van der Waals surface area (Å²) >= 11 is 0. The van der Waals surface area contributed by atoms with Crippen LogP contribution in [0.5, 0.6) is 0 Å². The highest BCUT2D eigenvalue weighted by Crippen LogP contribution is 1.82. The first kappa shape index (κ1) is 18.0. The van der Waals surface area contributed by atoms with Gasteiger partial charge in [0.25, 0.3) is 0 Å². The van der Waals surface area contributed by atoms with Crippen LogP contribution in [0.2, 0.25) is 0 Å². The van der Waals surface area contributed by atoms with Gasteiger partial charge in [-0.15, -0.1) is 0 Å². The molecule has 0 rings (SSSR count). The highest BCUT2D eigenvalue weighted by atomic mass is 14.7. The summed E-state index contributed by atoms with van der Waals surface area (Å²) in [5.74, 6) is 0. The van der Waals surface area contributed by atoms with Gasteiger partial charge in [-0.1, -0.05) is 39.8 Å². The van der Waals surface area contributed by atoms with Gasteiger partial charge in [0.15, 0.2) is 0 Å². The van der Waals surface area contributed by atoms with Gasteiger partial charge in [-0.2, -0.15) is 0 Å². The van der Waals surface area contributed by atoms with Crippen LogP contribution in [0.1, 0.15) is 48.5 Å². The van der Waals surface area contributed by atoms with E-state index >= 15 is 0 Å². The van der Waals surface area contributed by atoms with Crippen molar-refractivity contribution in [2.75, 3.05) is 0 Å². The van der Waals surface area contributed by atoms with E-state index in [4.69, 9.17) is 0 Å². The second kappa shape index (κ2) is 22.5. The average molecular weight is 183 g/mol. The first-order valence-electron chi connectivity index (χ1n) is 5.09. The molecule has 0 aliphatic rings. The summed E-state index contributed by atoms with van der Waals surface area (Å²) < 4.78 is 0. The fraction of sp³-hybridized carbons (Fsp3) is 0.583. The molecule has 0 saturated carbocycles. The number of nitrogens with zero attached hydrogens (tertiary/aromatic N) is 1. The van der Waals surface area contributed by atoms with Crippen LogP contribution in [0.15, 0.2) is 29.4 Å². The molecule has 0 atom stereocenters. The van der Waals surface area contributed by atoms with Crippen molar-refractivity contribution in [3.05, 3.63) is 24.4 Å². The van der Waals surface area contributed by atoms with Crippen LogP contribution in [0.4, 0.5) is 0 Å². The SMILES string of the molecule is CC.CC.C\C=C/N=C(C)\C=C/C. The largest absolute Gasteiger partial charge is 0.262 e. The second-order valence-electron chi connectivity index (χ2n) is 1.75. The second-order valence-corrected chi connectivity index (χ2v) is 1.75. The molecular formula is C12H25N. The Balaban J connectivity index is -0.000000218. The quantitative estimate of drug-likeness (QED) is 0.554. The number of rotatable bonds is 2. The Morgan fingerprint density at radius 3 is 1.69 bits per heavy atom. The summed E-state index contributed by atoms with van der Waals surface area (Å²) in [5, 5.41) is 0. The Labute approximate surface area is 84.3 Å². The van der Waals surface area contributed by atoms with E-state index in [0.717, 1.165) is 5.71 Å². The lowest BCUT2D eigenvalue weighted by atomic mass is 10.4. The predicted octanol–water partition coefficient (Wildman–Crippen LogP) is 4.61. The molecule has 0 spiro atoms. The maximum atomic E-state index is 4.08. The Kier molecular flexibility index (Phi) is 31.2. The van der Waals surface area contributed by atoms with Crippen LogP contribution in [0.25, 0.3) is 0 Å². The van der Waals surface area contributed by atoms with Crippen LogP contribution in [-0.2, 0) is 0 Å². The predicted molar refractivity (Wildman–Crippen MR) is 65.4 cm³/mol.